The lowest BCUT2D eigenvalue weighted by atomic mass is 10.0. The van der Waals surface area contributed by atoms with E-state index in [2.05, 4.69) is 18.3 Å². The van der Waals surface area contributed by atoms with Crippen LogP contribution in [0.25, 0.3) is 0 Å². The van der Waals surface area contributed by atoms with E-state index in [0.717, 1.165) is 57.8 Å². The second kappa shape index (κ2) is 18.3. The number of hydrogen-bond acceptors (Lipinski definition) is 4. The Morgan fingerprint density at radius 1 is 1.07 bits per heavy atom. The summed E-state index contributed by atoms with van der Waals surface area (Å²) in [6, 6.07) is 0. The summed E-state index contributed by atoms with van der Waals surface area (Å²) >= 11 is 5.50. The molecular formula is C21H38ClNO4. The SMILES string of the molecule is CCCCCC(OC(=O)CCl)C(O)C/C=C\CCCCCCCC(=O)NC. The molecule has 0 aliphatic heterocycles. The van der Waals surface area contributed by atoms with Gasteiger partial charge in [-0.15, -0.1) is 11.6 Å². The lowest BCUT2D eigenvalue weighted by Crippen LogP contribution is -2.31. The first-order valence-electron chi connectivity index (χ1n) is 10.3. The number of ether oxygens (including phenoxy) is 1. The Kier molecular flexibility index (Phi) is 17.6. The van der Waals surface area contributed by atoms with Gasteiger partial charge in [-0.05, 0) is 38.5 Å². The first-order valence-corrected chi connectivity index (χ1v) is 10.9. The first-order chi connectivity index (χ1) is 13.0. The van der Waals surface area contributed by atoms with Gasteiger partial charge in [0.05, 0.1) is 6.10 Å². The monoisotopic (exact) mass is 403 g/mol. The van der Waals surface area contributed by atoms with E-state index in [1.54, 1.807) is 7.05 Å². The van der Waals surface area contributed by atoms with Crippen LogP contribution in [0, 0.1) is 0 Å². The number of nitrogens with one attached hydrogen (secondary N) is 1. The minimum atomic E-state index is -0.685. The van der Waals surface area contributed by atoms with Gasteiger partial charge in [0.2, 0.25) is 5.91 Å². The minimum Gasteiger partial charge on any atom is -0.459 e. The zero-order valence-corrected chi connectivity index (χ0v) is 17.8. The number of carbonyl (C=O) groups is 2. The Morgan fingerprint density at radius 3 is 2.44 bits per heavy atom. The van der Waals surface area contributed by atoms with Gasteiger partial charge >= 0.3 is 5.97 Å². The number of halogens is 1. The van der Waals surface area contributed by atoms with Gasteiger partial charge in [0.1, 0.15) is 12.0 Å². The molecule has 0 saturated heterocycles. The number of rotatable bonds is 17. The van der Waals surface area contributed by atoms with E-state index in [1.807, 2.05) is 6.08 Å². The summed E-state index contributed by atoms with van der Waals surface area (Å²) in [5.41, 5.74) is 0. The molecule has 0 fully saturated rings. The zero-order chi connectivity index (χ0) is 20.3. The van der Waals surface area contributed by atoms with E-state index in [1.165, 1.54) is 0 Å². The third-order valence-corrected chi connectivity index (χ3v) is 4.73. The number of alkyl halides is 1. The van der Waals surface area contributed by atoms with Crippen molar-refractivity contribution in [3.63, 3.8) is 0 Å². The predicted octanol–water partition coefficient (Wildman–Crippen LogP) is 4.50. The average molecular weight is 404 g/mol. The van der Waals surface area contributed by atoms with Crippen molar-refractivity contribution in [3.05, 3.63) is 12.2 Å². The number of aliphatic hydroxyl groups excluding tert-OH is 1. The Morgan fingerprint density at radius 2 is 1.78 bits per heavy atom. The molecule has 2 N–H and O–H groups in total. The summed E-state index contributed by atoms with van der Waals surface area (Å²) in [7, 11) is 1.67. The summed E-state index contributed by atoms with van der Waals surface area (Å²) < 4.78 is 5.28. The van der Waals surface area contributed by atoms with Crippen LogP contribution >= 0.6 is 11.6 Å². The molecule has 0 heterocycles. The summed E-state index contributed by atoms with van der Waals surface area (Å²) in [5.74, 6) is -0.547. The molecule has 6 heteroatoms. The molecule has 0 radical (unpaired) electrons. The number of amides is 1. The Bertz CT molecular complexity index is 415. The van der Waals surface area contributed by atoms with Crippen LogP contribution in [-0.2, 0) is 14.3 Å². The van der Waals surface area contributed by atoms with Crippen LogP contribution in [0.1, 0.15) is 84.0 Å². The fourth-order valence-electron chi connectivity index (χ4n) is 2.83. The van der Waals surface area contributed by atoms with Gasteiger partial charge in [-0.3, -0.25) is 9.59 Å². The largest absolute Gasteiger partial charge is 0.459 e. The molecule has 1 amide bonds. The molecule has 0 bridgehead atoms. The van der Waals surface area contributed by atoms with Gasteiger partial charge in [0.25, 0.3) is 0 Å². The highest BCUT2D eigenvalue weighted by molar-refractivity contribution is 6.26. The first kappa shape index (κ1) is 25.9. The number of allylic oxidation sites excluding steroid dienone is 1. The van der Waals surface area contributed by atoms with E-state index in [-0.39, 0.29) is 11.8 Å². The molecule has 0 aliphatic rings. The molecule has 5 nitrogen and oxygen atoms in total. The normalized spacial score (nSPS) is 13.5. The van der Waals surface area contributed by atoms with Crippen LogP contribution in [0.5, 0.6) is 0 Å². The standard InChI is InChI=1S/C21H38ClNO4/c1-3-4-11-15-19(27-21(26)17-22)18(24)14-12-9-7-5-6-8-10-13-16-20(25)23-2/h9,12,18-19,24H,3-8,10-11,13-17H2,1-2H3,(H,23,25)/b12-9-. The van der Waals surface area contributed by atoms with E-state index >= 15 is 0 Å². The number of aliphatic hydroxyl groups is 1. The number of carbonyl (C=O) groups excluding carboxylic acids is 2. The van der Waals surface area contributed by atoms with Crippen molar-refractivity contribution in [2.24, 2.45) is 0 Å². The topological polar surface area (TPSA) is 75.6 Å². The molecule has 2 atom stereocenters. The van der Waals surface area contributed by atoms with Gasteiger partial charge in [-0.1, -0.05) is 51.2 Å². The van der Waals surface area contributed by atoms with Crippen molar-refractivity contribution in [2.45, 2.75) is 96.2 Å². The fraction of sp³-hybridized carbons (Fsp3) is 0.810. The third kappa shape index (κ3) is 15.7. The summed E-state index contributed by atoms with van der Waals surface area (Å²) in [5, 5.41) is 12.9. The Hall–Kier alpha value is -1.07. The van der Waals surface area contributed by atoms with Crippen molar-refractivity contribution >= 4 is 23.5 Å². The third-order valence-electron chi connectivity index (χ3n) is 4.51. The number of esters is 1. The summed E-state index contributed by atoms with van der Waals surface area (Å²) in [6.45, 7) is 2.11. The molecule has 27 heavy (non-hydrogen) atoms. The minimum absolute atomic E-state index is 0.112. The quantitative estimate of drug-likeness (QED) is 0.162. The molecule has 0 aromatic heterocycles. The number of unbranched alkanes of at least 4 members (excludes halogenated alkanes) is 7. The zero-order valence-electron chi connectivity index (χ0n) is 17.1. The van der Waals surface area contributed by atoms with Crippen LogP contribution < -0.4 is 5.32 Å². The van der Waals surface area contributed by atoms with Crippen molar-refractivity contribution in [2.75, 3.05) is 12.9 Å². The average Bonchev–Trinajstić information content (AvgIpc) is 2.67. The van der Waals surface area contributed by atoms with E-state index in [0.29, 0.717) is 19.3 Å². The van der Waals surface area contributed by atoms with E-state index < -0.39 is 18.2 Å². The van der Waals surface area contributed by atoms with Crippen molar-refractivity contribution in [1.82, 2.24) is 5.32 Å². The van der Waals surface area contributed by atoms with Crippen LogP contribution in [-0.4, -0.2) is 42.1 Å². The van der Waals surface area contributed by atoms with Gasteiger partial charge in [-0.2, -0.15) is 0 Å². The smallest absolute Gasteiger partial charge is 0.321 e. The molecule has 158 valence electrons. The molecule has 0 rings (SSSR count). The molecule has 0 aromatic rings. The summed E-state index contributed by atoms with van der Waals surface area (Å²) in [6.07, 6.45) is 14.1. The maximum Gasteiger partial charge on any atom is 0.321 e. The maximum absolute atomic E-state index is 11.4. The van der Waals surface area contributed by atoms with Gasteiger partial charge in [-0.25, -0.2) is 0 Å². The highest BCUT2D eigenvalue weighted by Gasteiger charge is 2.21. The molecule has 0 aromatic carbocycles. The highest BCUT2D eigenvalue weighted by Crippen LogP contribution is 2.15. The van der Waals surface area contributed by atoms with Gasteiger partial charge < -0.3 is 15.2 Å². The van der Waals surface area contributed by atoms with Gasteiger partial charge in [0, 0.05) is 13.5 Å². The fourth-order valence-corrected chi connectivity index (χ4v) is 2.90. The lowest BCUT2D eigenvalue weighted by Gasteiger charge is -2.22. The van der Waals surface area contributed by atoms with E-state index in [4.69, 9.17) is 16.3 Å². The van der Waals surface area contributed by atoms with Crippen molar-refractivity contribution in [3.8, 4) is 0 Å². The predicted molar refractivity (Wildman–Crippen MR) is 111 cm³/mol. The Balaban J connectivity index is 3.90. The van der Waals surface area contributed by atoms with Crippen LogP contribution in [0.2, 0.25) is 0 Å². The second-order valence-electron chi connectivity index (χ2n) is 6.91. The maximum atomic E-state index is 11.4. The summed E-state index contributed by atoms with van der Waals surface area (Å²) in [4.78, 5) is 22.5. The van der Waals surface area contributed by atoms with Gasteiger partial charge in [0.15, 0.2) is 0 Å². The van der Waals surface area contributed by atoms with E-state index in [9.17, 15) is 14.7 Å². The number of hydrogen-bond donors (Lipinski definition) is 2. The molecular weight excluding hydrogens is 366 g/mol. The molecule has 0 spiro atoms. The second-order valence-corrected chi connectivity index (χ2v) is 7.18. The lowest BCUT2D eigenvalue weighted by molar-refractivity contribution is -0.152. The van der Waals surface area contributed by atoms with Crippen LogP contribution in [0.4, 0.5) is 0 Å². The van der Waals surface area contributed by atoms with Crippen LogP contribution in [0.3, 0.4) is 0 Å². The highest BCUT2D eigenvalue weighted by atomic mass is 35.5. The van der Waals surface area contributed by atoms with Crippen molar-refractivity contribution in [1.29, 1.82) is 0 Å². The molecule has 0 saturated carbocycles. The molecule has 2 unspecified atom stereocenters. The Labute approximate surface area is 169 Å². The van der Waals surface area contributed by atoms with Crippen molar-refractivity contribution < 1.29 is 19.4 Å². The molecule has 0 aliphatic carbocycles. The van der Waals surface area contributed by atoms with Crippen LogP contribution in [0.15, 0.2) is 12.2 Å².